The maximum atomic E-state index is 11.5. The van der Waals surface area contributed by atoms with Crippen molar-refractivity contribution in [2.45, 2.75) is 52.6 Å². The average molecular weight is 404 g/mol. The second-order valence-electron chi connectivity index (χ2n) is 7.39. The molecule has 0 aromatic heterocycles. The molecule has 3 rings (SSSR count). The molecule has 0 bridgehead atoms. The monoisotopic (exact) mass is 403 g/mol. The normalized spacial score (nSPS) is 17.7. The minimum atomic E-state index is -0.915. The van der Waals surface area contributed by atoms with E-state index in [-0.39, 0.29) is 6.04 Å². The molecule has 0 saturated carbocycles. The van der Waals surface area contributed by atoms with Crippen LogP contribution < -0.4 is 0 Å². The summed E-state index contributed by atoms with van der Waals surface area (Å²) in [6, 6.07) is 15.2. The summed E-state index contributed by atoms with van der Waals surface area (Å²) >= 11 is 0. The number of hydrogen-bond acceptors (Lipinski definition) is 3. The quantitative estimate of drug-likeness (QED) is 0.608. The number of carbonyl (C=O) groups is 1. The summed E-state index contributed by atoms with van der Waals surface area (Å²) < 4.78 is 0. The van der Waals surface area contributed by atoms with Crippen LogP contribution in [-0.4, -0.2) is 33.7 Å². The molecule has 0 fully saturated rings. The van der Waals surface area contributed by atoms with Crippen molar-refractivity contribution >= 4 is 17.6 Å². The van der Waals surface area contributed by atoms with Crippen LogP contribution in [-0.2, 0) is 6.54 Å². The molecule has 156 valence electrons. The van der Waals surface area contributed by atoms with E-state index in [0.29, 0.717) is 12.1 Å². The van der Waals surface area contributed by atoms with Gasteiger partial charge in [-0.3, -0.25) is 4.99 Å². The molecular formula is C25H29N3O2. The van der Waals surface area contributed by atoms with Crippen LogP contribution in [0.1, 0.15) is 56.0 Å². The number of benzene rings is 2. The summed E-state index contributed by atoms with van der Waals surface area (Å²) in [5.41, 5.74) is 3.07. The van der Waals surface area contributed by atoms with E-state index in [4.69, 9.17) is 4.99 Å². The Morgan fingerprint density at radius 3 is 2.57 bits per heavy atom. The van der Waals surface area contributed by atoms with Gasteiger partial charge in [0.1, 0.15) is 17.7 Å². The number of carboxylic acids is 1. The van der Waals surface area contributed by atoms with Crippen LogP contribution in [0.2, 0.25) is 0 Å². The number of allylic oxidation sites excluding steroid dienone is 1. The topological polar surface area (TPSA) is 65.3 Å². The SMILES string of the molecule is CC/C=C\N=C1C(C)N=C(CCC)N1Cc1ccc(-c2ccccc2C(=O)O)cc1. The third-order valence-electron chi connectivity index (χ3n) is 5.09. The maximum absolute atomic E-state index is 11.5. The molecule has 1 heterocycles. The van der Waals surface area contributed by atoms with Gasteiger partial charge < -0.3 is 10.0 Å². The summed E-state index contributed by atoms with van der Waals surface area (Å²) in [7, 11) is 0. The zero-order chi connectivity index (χ0) is 21.5. The number of carboxylic acid groups (broad SMARTS) is 1. The molecule has 2 aromatic rings. The first-order chi connectivity index (χ1) is 14.5. The highest BCUT2D eigenvalue weighted by Crippen LogP contribution is 2.25. The molecule has 1 unspecified atom stereocenters. The number of amidine groups is 2. The Balaban J connectivity index is 1.85. The molecular weight excluding hydrogens is 374 g/mol. The van der Waals surface area contributed by atoms with Crippen LogP contribution >= 0.6 is 0 Å². The van der Waals surface area contributed by atoms with Gasteiger partial charge in [0.2, 0.25) is 0 Å². The first-order valence-corrected chi connectivity index (χ1v) is 10.5. The number of aromatic carboxylic acids is 1. The molecule has 5 nitrogen and oxygen atoms in total. The first-order valence-electron chi connectivity index (χ1n) is 10.5. The van der Waals surface area contributed by atoms with Crippen molar-refractivity contribution in [3.63, 3.8) is 0 Å². The van der Waals surface area contributed by atoms with E-state index in [1.807, 2.05) is 36.5 Å². The molecule has 5 heteroatoms. The van der Waals surface area contributed by atoms with Crippen molar-refractivity contribution in [3.8, 4) is 11.1 Å². The van der Waals surface area contributed by atoms with Crippen LogP contribution in [0.25, 0.3) is 11.1 Å². The number of hydrogen-bond donors (Lipinski definition) is 1. The Kier molecular flexibility index (Phi) is 7.17. The van der Waals surface area contributed by atoms with Crippen molar-refractivity contribution in [3.05, 3.63) is 71.9 Å². The fraction of sp³-hybridized carbons (Fsp3) is 0.320. The molecule has 1 N–H and O–H groups in total. The molecule has 0 radical (unpaired) electrons. The fourth-order valence-corrected chi connectivity index (χ4v) is 3.61. The molecule has 0 amide bonds. The fourth-order valence-electron chi connectivity index (χ4n) is 3.61. The van der Waals surface area contributed by atoms with E-state index >= 15 is 0 Å². The summed E-state index contributed by atoms with van der Waals surface area (Å²) in [6.45, 7) is 7.03. The molecule has 1 aliphatic heterocycles. The van der Waals surface area contributed by atoms with Crippen LogP contribution in [0.3, 0.4) is 0 Å². The van der Waals surface area contributed by atoms with Crippen molar-refractivity contribution in [1.29, 1.82) is 0 Å². The van der Waals surface area contributed by atoms with E-state index in [0.717, 1.165) is 47.6 Å². The van der Waals surface area contributed by atoms with Crippen molar-refractivity contribution in [1.82, 2.24) is 4.90 Å². The highest BCUT2D eigenvalue weighted by Gasteiger charge is 2.28. The number of nitrogens with zero attached hydrogens (tertiary/aromatic N) is 3. The van der Waals surface area contributed by atoms with Gasteiger partial charge in [-0.25, -0.2) is 9.79 Å². The summed E-state index contributed by atoms with van der Waals surface area (Å²) in [6.07, 6.45) is 6.82. The van der Waals surface area contributed by atoms with Crippen LogP contribution in [0, 0.1) is 0 Å². The summed E-state index contributed by atoms with van der Waals surface area (Å²) in [4.78, 5) is 23.2. The van der Waals surface area contributed by atoms with Crippen molar-refractivity contribution in [2.24, 2.45) is 9.98 Å². The Hall–Kier alpha value is -3.21. The Morgan fingerprint density at radius 1 is 1.17 bits per heavy atom. The van der Waals surface area contributed by atoms with Gasteiger partial charge in [0, 0.05) is 12.6 Å². The van der Waals surface area contributed by atoms with E-state index in [2.05, 4.69) is 42.8 Å². The van der Waals surface area contributed by atoms with Gasteiger partial charge in [-0.1, -0.05) is 62.4 Å². The van der Waals surface area contributed by atoms with Crippen LogP contribution in [0.4, 0.5) is 0 Å². The smallest absolute Gasteiger partial charge is 0.336 e. The van der Waals surface area contributed by atoms with Gasteiger partial charge in [-0.05, 0) is 42.5 Å². The van der Waals surface area contributed by atoms with E-state index in [9.17, 15) is 9.90 Å². The Bertz CT molecular complexity index is 974. The molecule has 30 heavy (non-hydrogen) atoms. The van der Waals surface area contributed by atoms with Crippen molar-refractivity contribution < 1.29 is 9.90 Å². The van der Waals surface area contributed by atoms with Gasteiger partial charge in [0.05, 0.1) is 12.1 Å². The predicted molar refractivity (Wildman–Crippen MR) is 123 cm³/mol. The molecule has 2 aromatic carbocycles. The summed E-state index contributed by atoms with van der Waals surface area (Å²) in [5.74, 6) is 1.14. The average Bonchev–Trinajstić information content (AvgIpc) is 3.03. The van der Waals surface area contributed by atoms with E-state index in [1.165, 1.54) is 0 Å². The minimum Gasteiger partial charge on any atom is -0.478 e. The van der Waals surface area contributed by atoms with E-state index in [1.54, 1.807) is 12.1 Å². The summed E-state index contributed by atoms with van der Waals surface area (Å²) in [5, 5.41) is 9.46. The lowest BCUT2D eigenvalue weighted by Crippen LogP contribution is -2.34. The highest BCUT2D eigenvalue weighted by molar-refractivity contribution is 6.08. The first kappa shape index (κ1) is 21.5. The molecule has 0 spiro atoms. The van der Waals surface area contributed by atoms with Crippen LogP contribution in [0.15, 0.2) is 70.8 Å². The zero-order valence-electron chi connectivity index (χ0n) is 17.9. The standard InChI is InChI=1S/C25H29N3O2/c1-4-6-16-26-24-18(3)27-23(9-5-2)28(24)17-19-12-14-20(15-13-19)21-10-7-8-11-22(21)25(29)30/h6-8,10-16,18H,4-5,9,17H2,1-3H3,(H,29,30)/b16-6-,26-24?. The van der Waals surface area contributed by atoms with Crippen molar-refractivity contribution in [2.75, 3.05) is 0 Å². The number of aliphatic imine (C=N–C) groups is 2. The Labute approximate surface area is 178 Å². The lowest BCUT2D eigenvalue weighted by Gasteiger charge is -2.22. The minimum absolute atomic E-state index is 0.0507. The van der Waals surface area contributed by atoms with Gasteiger partial charge in [0.25, 0.3) is 0 Å². The van der Waals surface area contributed by atoms with Gasteiger partial charge in [-0.2, -0.15) is 0 Å². The van der Waals surface area contributed by atoms with E-state index < -0.39 is 5.97 Å². The molecule has 1 aliphatic rings. The molecule has 1 atom stereocenters. The maximum Gasteiger partial charge on any atom is 0.336 e. The molecule has 0 aliphatic carbocycles. The van der Waals surface area contributed by atoms with Crippen LogP contribution in [0.5, 0.6) is 0 Å². The van der Waals surface area contributed by atoms with Gasteiger partial charge in [-0.15, -0.1) is 0 Å². The number of rotatable bonds is 8. The zero-order valence-corrected chi connectivity index (χ0v) is 17.9. The highest BCUT2D eigenvalue weighted by atomic mass is 16.4. The lowest BCUT2D eigenvalue weighted by molar-refractivity contribution is 0.0697. The molecule has 0 saturated heterocycles. The third kappa shape index (κ3) is 4.85. The lowest BCUT2D eigenvalue weighted by atomic mass is 9.98. The third-order valence-corrected chi connectivity index (χ3v) is 5.09. The Morgan fingerprint density at radius 2 is 1.90 bits per heavy atom. The second kappa shape index (κ2) is 10.0. The predicted octanol–water partition coefficient (Wildman–Crippen LogP) is 5.78. The largest absolute Gasteiger partial charge is 0.478 e. The van der Waals surface area contributed by atoms with Gasteiger partial charge >= 0.3 is 5.97 Å². The van der Waals surface area contributed by atoms with Gasteiger partial charge in [0.15, 0.2) is 0 Å². The second-order valence-corrected chi connectivity index (χ2v) is 7.39.